The topological polar surface area (TPSA) is 60.2 Å². The molecular weight excluding hydrogens is 206 g/mol. The van der Waals surface area contributed by atoms with E-state index >= 15 is 0 Å². The minimum Gasteiger partial charge on any atom is -0.294 e. The number of Topliss-reactive ketones (excluding diaryl/α,β-unsaturated/α-hetero) is 1. The van der Waals surface area contributed by atoms with E-state index in [0.29, 0.717) is 27.8 Å². The minimum atomic E-state index is -0.380. The summed E-state index contributed by atoms with van der Waals surface area (Å²) >= 11 is 0. The Morgan fingerprint density at radius 2 is 1.38 bits per heavy atom. The summed E-state index contributed by atoms with van der Waals surface area (Å²) in [7, 11) is 0. The van der Waals surface area contributed by atoms with Gasteiger partial charge in [0.1, 0.15) is 0 Å². The van der Waals surface area contributed by atoms with Crippen LogP contribution in [0.4, 0.5) is 5.69 Å². The van der Waals surface area contributed by atoms with E-state index in [9.17, 15) is 14.9 Å². The molecule has 86 valence electrons. The van der Waals surface area contributed by atoms with E-state index in [1.165, 1.54) is 6.92 Å². The molecule has 4 nitrogen and oxygen atoms in total. The fourth-order valence-electron chi connectivity index (χ4n) is 2.09. The lowest BCUT2D eigenvalue weighted by Gasteiger charge is -2.13. The number of nitro benzene ring substituents is 1. The van der Waals surface area contributed by atoms with Crippen molar-refractivity contribution in [3.05, 3.63) is 37.9 Å². The molecule has 0 bridgehead atoms. The number of carbonyl (C=O) groups is 1. The number of nitrogens with zero attached hydrogens (tertiary/aromatic N) is 1. The number of hydrogen-bond acceptors (Lipinski definition) is 3. The SMILES string of the molecule is CC(=O)c1c(C)c(C)c([N+](=O)[O-])c(C)c1C. The number of ketones is 1. The van der Waals surface area contributed by atoms with Crippen molar-refractivity contribution in [2.75, 3.05) is 0 Å². The highest BCUT2D eigenvalue weighted by molar-refractivity contribution is 5.98. The number of carbonyl (C=O) groups excluding carboxylic acids is 1. The molecule has 0 atom stereocenters. The maximum Gasteiger partial charge on any atom is 0.275 e. The summed E-state index contributed by atoms with van der Waals surface area (Å²) in [6.45, 7) is 8.37. The number of benzene rings is 1. The van der Waals surface area contributed by atoms with Crippen LogP contribution in [-0.4, -0.2) is 10.7 Å². The second kappa shape index (κ2) is 4.04. The fourth-order valence-corrected chi connectivity index (χ4v) is 2.09. The summed E-state index contributed by atoms with van der Waals surface area (Å²) in [5, 5.41) is 10.9. The first-order chi connectivity index (χ1) is 7.29. The molecule has 1 aromatic rings. The smallest absolute Gasteiger partial charge is 0.275 e. The average Bonchev–Trinajstić information content (AvgIpc) is 2.14. The summed E-state index contributed by atoms with van der Waals surface area (Å²) in [6, 6.07) is 0. The molecule has 1 aromatic carbocycles. The minimum absolute atomic E-state index is 0.0453. The highest BCUT2D eigenvalue weighted by Gasteiger charge is 2.23. The third-order valence-corrected chi connectivity index (χ3v) is 3.12. The maximum atomic E-state index is 11.5. The van der Waals surface area contributed by atoms with Gasteiger partial charge in [0.05, 0.1) is 4.92 Å². The predicted molar refractivity (Wildman–Crippen MR) is 62.0 cm³/mol. The van der Waals surface area contributed by atoms with Crippen LogP contribution in [0.25, 0.3) is 0 Å². The van der Waals surface area contributed by atoms with Crippen molar-refractivity contribution in [2.24, 2.45) is 0 Å². The van der Waals surface area contributed by atoms with Gasteiger partial charge in [0, 0.05) is 16.7 Å². The van der Waals surface area contributed by atoms with Gasteiger partial charge in [0.25, 0.3) is 5.69 Å². The Labute approximate surface area is 94.4 Å². The first-order valence-electron chi connectivity index (χ1n) is 5.04. The zero-order chi connectivity index (χ0) is 12.6. The molecule has 1 rings (SSSR count). The van der Waals surface area contributed by atoms with Crippen molar-refractivity contribution < 1.29 is 9.72 Å². The van der Waals surface area contributed by atoms with Gasteiger partial charge >= 0.3 is 0 Å². The first kappa shape index (κ1) is 12.4. The lowest BCUT2D eigenvalue weighted by Crippen LogP contribution is -2.08. The van der Waals surface area contributed by atoms with E-state index in [1.807, 2.05) is 0 Å². The van der Waals surface area contributed by atoms with Crippen LogP contribution in [0.15, 0.2) is 0 Å². The Kier molecular flexibility index (Phi) is 3.12. The van der Waals surface area contributed by atoms with Crippen LogP contribution in [0.3, 0.4) is 0 Å². The lowest BCUT2D eigenvalue weighted by atomic mass is 9.90. The third-order valence-electron chi connectivity index (χ3n) is 3.12. The van der Waals surface area contributed by atoms with Crippen LogP contribution in [0.1, 0.15) is 39.5 Å². The zero-order valence-electron chi connectivity index (χ0n) is 10.2. The standard InChI is InChI=1S/C12H15NO3/c1-6-8(3)12(13(15)16)9(4)7(2)11(6)10(5)14/h1-5H3. The molecule has 0 N–H and O–H groups in total. The van der Waals surface area contributed by atoms with Gasteiger partial charge in [-0.2, -0.15) is 0 Å². The molecule has 0 aromatic heterocycles. The van der Waals surface area contributed by atoms with Crippen molar-refractivity contribution in [3.8, 4) is 0 Å². The van der Waals surface area contributed by atoms with Gasteiger partial charge in [0.15, 0.2) is 5.78 Å². The van der Waals surface area contributed by atoms with Crippen molar-refractivity contribution in [1.82, 2.24) is 0 Å². The molecule has 0 aliphatic heterocycles. The monoisotopic (exact) mass is 221 g/mol. The maximum absolute atomic E-state index is 11.5. The normalized spacial score (nSPS) is 10.3. The first-order valence-corrected chi connectivity index (χ1v) is 5.04. The van der Waals surface area contributed by atoms with Crippen molar-refractivity contribution in [1.29, 1.82) is 0 Å². The van der Waals surface area contributed by atoms with E-state index in [2.05, 4.69) is 0 Å². The van der Waals surface area contributed by atoms with Crippen LogP contribution < -0.4 is 0 Å². The second-order valence-electron chi connectivity index (χ2n) is 4.04. The summed E-state index contributed by atoms with van der Waals surface area (Å²) in [6.07, 6.45) is 0. The Morgan fingerprint density at radius 1 is 1.00 bits per heavy atom. The molecule has 0 aliphatic rings. The molecule has 0 fully saturated rings. The summed E-state index contributed by atoms with van der Waals surface area (Å²) in [5.41, 5.74) is 3.32. The summed E-state index contributed by atoms with van der Waals surface area (Å²) in [5.74, 6) is -0.0453. The van der Waals surface area contributed by atoms with E-state index in [4.69, 9.17) is 0 Å². The number of nitro groups is 1. The molecule has 0 spiro atoms. The highest BCUT2D eigenvalue weighted by Crippen LogP contribution is 2.32. The second-order valence-corrected chi connectivity index (χ2v) is 4.04. The van der Waals surface area contributed by atoms with Gasteiger partial charge in [-0.15, -0.1) is 0 Å². The van der Waals surface area contributed by atoms with Gasteiger partial charge in [-0.3, -0.25) is 14.9 Å². The number of rotatable bonds is 2. The van der Waals surface area contributed by atoms with E-state index in [0.717, 1.165) is 0 Å². The van der Waals surface area contributed by atoms with Gasteiger partial charge in [-0.25, -0.2) is 0 Å². The lowest BCUT2D eigenvalue weighted by molar-refractivity contribution is -0.386. The quantitative estimate of drug-likeness (QED) is 0.438. The van der Waals surface area contributed by atoms with Gasteiger partial charge < -0.3 is 0 Å². The third kappa shape index (κ3) is 1.71. The zero-order valence-corrected chi connectivity index (χ0v) is 10.2. The van der Waals surface area contributed by atoms with Crippen LogP contribution >= 0.6 is 0 Å². The van der Waals surface area contributed by atoms with Crippen molar-refractivity contribution >= 4 is 11.5 Å². The Hall–Kier alpha value is -1.71. The van der Waals surface area contributed by atoms with E-state index in [1.54, 1.807) is 27.7 Å². The molecule has 0 saturated heterocycles. The molecule has 0 amide bonds. The largest absolute Gasteiger partial charge is 0.294 e. The Morgan fingerprint density at radius 3 is 1.62 bits per heavy atom. The van der Waals surface area contributed by atoms with E-state index in [-0.39, 0.29) is 16.4 Å². The molecule has 0 unspecified atom stereocenters. The Bertz CT molecular complexity index is 416. The van der Waals surface area contributed by atoms with Gasteiger partial charge in [-0.1, -0.05) is 0 Å². The molecule has 0 radical (unpaired) electrons. The van der Waals surface area contributed by atoms with Crippen LogP contribution in [0.2, 0.25) is 0 Å². The average molecular weight is 221 g/mol. The molecule has 4 heteroatoms. The van der Waals surface area contributed by atoms with E-state index < -0.39 is 0 Å². The van der Waals surface area contributed by atoms with Gasteiger partial charge in [-0.05, 0) is 45.7 Å². The Balaban J connectivity index is 3.77. The van der Waals surface area contributed by atoms with Crippen LogP contribution in [0, 0.1) is 37.8 Å². The van der Waals surface area contributed by atoms with Crippen molar-refractivity contribution in [3.63, 3.8) is 0 Å². The molecule has 0 saturated carbocycles. The highest BCUT2D eigenvalue weighted by atomic mass is 16.6. The van der Waals surface area contributed by atoms with Crippen molar-refractivity contribution in [2.45, 2.75) is 34.6 Å². The predicted octanol–water partition coefficient (Wildman–Crippen LogP) is 3.03. The molecular formula is C12H15NO3. The van der Waals surface area contributed by atoms with Gasteiger partial charge in [0.2, 0.25) is 0 Å². The molecule has 0 aliphatic carbocycles. The molecule has 0 heterocycles. The summed E-state index contributed by atoms with van der Waals surface area (Å²) < 4.78 is 0. The number of hydrogen-bond donors (Lipinski definition) is 0. The fraction of sp³-hybridized carbons (Fsp3) is 0.417. The van der Waals surface area contributed by atoms with Crippen LogP contribution in [-0.2, 0) is 0 Å². The summed E-state index contributed by atoms with van der Waals surface area (Å²) in [4.78, 5) is 22.1. The molecule has 16 heavy (non-hydrogen) atoms. The van der Waals surface area contributed by atoms with Crippen LogP contribution in [0.5, 0.6) is 0 Å².